The average Bonchev–Trinajstić information content (AvgIpc) is 3.20. The molecule has 1 aliphatic heterocycles. The summed E-state index contributed by atoms with van der Waals surface area (Å²) >= 11 is 6.24. The maximum absolute atomic E-state index is 13.3. The molecule has 3 aromatic rings. The molecule has 4 rings (SSSR count). The van der Waals surface area contributed by atoms with E-state index in [1.165, 1.54) is 24.3 Å². The molecule has 33 heavy (non-hydrogen) atoms. The highest BCUT2D eigenvalue weighted by molar-refractivity contribution is 6.33. The maximum Gasteiger partial charge on any atom is 0.335 e. The van der Waals surface area contributed by atoms with Crippen LogP contribution in [-0.2, 0) is 0 Å². The van der Waals surface area contributed by atoms with Crippen LogP contribution >= 0.6 is 11.6 Å². The van der Waals surface area contributed by atoms with Crippen molar-refractivity contribution in [3.63, 3.8) is 0 Å². The Morgan fingerprint density at radius 2 is 1.79 bits per heavy atom. The summed E-state index contributed by atoms with van der Waals surface area (Å²) in [7, 11) is 0. The minimum atomic E-state index is -1.04. The smallest absolute Gasteiger partial charge is 0.335 e. The normalized spacial score (nSPS) is 13.8. The molecule has 11 heteroatoms. The number of carboxylic acid groups (broad SMARTS) is 1. The van der Waals surface area contributed by atoms with Gasteiger partial charge in [-0.2, -0.15) is 0 Å². The van der Waals surface area contributed by atoms with Crippen molar-refractivity contribution in [3.05, 3.63) is 74.5 Å². The van der Waals surface area contributed by atoms with Crippen LogP contribution < -0.4 is 4.90 Å². The van der Waals surface area contributed by atoms with E-state index in [9.17, 15) is 19.7 Å². The van der Waals surface area contributed by atoms with Crippen LogP contribution in [0, 0.1) is 17.0 Å². The second-order valence-corrected chi connectivity index (χ2v) is 7.92. The zero-order chi connectivity index (χ0) is 23.7. The maximum atomic E-state index is 13.3. The van der Waals surface area contributed by atoms with Gasteiger partial charge in [0.2, 0.25) is 0 Å². The molecule has 170 valence electrons. The minimum Gasteiger partial charge on any atom is -0.478 e. The molecule has 0 atom stereocenters. The SMILES string of the molecule is Cc1onc(-c2ccc(C(=O)O)cc2)c1C(=O)N1CCN(c2ccc([N+](=O)[O-])cc2Cl)CC1. The molecule has 1 aliphatic rings. The molecular formula is C22H19ClN4O6. The number of carboxylic acids is 1. The van der Waals surface area contributed by atoms with E-state index in [0.717, 1.165) is 0 Å². The standard InChI is InChI=1S/C22H19ClN4O6/c1-13-19(20(24-33-13)14-2-4-15(5-3-14)22(29)30)21(28)26-10-8-25(9-11-26)18-7-6-16(27(31)32)12-17(18)23/h2-7,12H,8-11H2,1H3,(H,29,30). The van der Waals surface area contributed by atoms with Crippen LogP contribution in [0.15, 0.2) is 47.0 Å². The second kappa shape index (κ2) is 8.91. The Morgan fingerprint density at radius 1 is 1.12 bits per heavy atom. The fourth-order valence-corrected chi connectivity index (χ4v) is 4.06. The van der Waals surface area contributed by atoms with Gasteiger partial charge >= 0.3 is 5.97 Å². The summed E-state index contributed by atoms with van der Waals surface area (Å²) in [4.78, 5) is 38.5. The molecule has 1 fully saturated rings. The molecular weight excluding hydrogens is 452 g/mol. The molecule has 0 saturated carbocycles. The van der Waals surface area contributed by atoms with Gasteiger partial charge in [0.05, 0.1) is 21.2 Å². The lowest BCUT2D eigenvalue weighted by atomic mass is 10.0. The molecule has 0 bridgehead atoms. The fourth-order valence-electron chi connectivity index (χ4n) is 3.77. The number of halogens is 1. The van der Waals surface area contributed by atoms with Crippen LogP contribution in [0.25, 0.3) is 11.3 Å². The van der Waals surface area contributed by atoms with Crippen LogP contribution in [0.1, 0.15) is 26.5 Å². The third-order valence-electron chi connectivity index (χ3n) is 5.53. The topological polar surface area (TPSA) is 130 Å². The number of benzene rings is 2. The number of aromatic carboxylic acids is 1. The number of nitrogens with zero attached hydrogens (tertiary/aromatic N) is 4. The first-order valence-corrected chi connectivity index (χ1v) is 10.4. The first-order chi connectivity index (χ1) is 15.8. The van der Waals surface area contributed by atoms with Crippen molar-refractivity contribution in [1.29, 1.82) is 0 Å². The van der Waals surface area contributed by atoms with Gasteiger partial charge in [-0.1, -0.05) is 28.9 Å². The molecule has 0 aliphatic carbocycles. The van der Waals surface area contributed by atoms with Crippen molar-refractivity contribution in [2.75, 3.05) is 31.1 Å². The van der Waals surface area contributed by atoms with E-state index in [1.807, 2.05) is 4.90 Å². The summed E-state index contributed by atoms with van der Waals surface area (Å²) in [5.74, 6) is -0.904. The van der Waals surface area contributed by atoms with Crippen molar-refractivity contribution < 1.29 is 24.1 Å². The van der Waals surface area contributed by atoms with Crippen molar-refractivity contribution in [2.24, 2.45) is 0 Å². The average molecular weight is 471 g/mol. The number of piperazine rings is 1. The van der Waals surface area contributed by atoms with Gasteiger partial charge in [0.1, 0.15) is 17.0 Å². The molecule has 1 aromatic heterocycles. The zero-order valence-electron chi connectivity index (χ0n) is 17.5. The highest BCUT2D eigenvalue weighted by atomic mass is 35.5. The predicted octanol–water partition coefficient (Wildman–Crippen LogP) is 3.87. The van der Waals surface area contributed by atoms with Crippen molar-refractivity contribution in [1.82, 2.24) is 10.1 Å². The summed E-state index contributed by atoms with van der Waals surface area (Å²) in [6.07, 6.45) is 0. The molecule has 10 nitrogen and oxygen atoms in total. The number of nitro groups is 1. The van der Waals surface area contributed by atoms with E-state index in [0.29, 0.717) is 54.4 Å². The minimum absolute atomic E-state index is 0.0792. The number of nitro benzene ring substituents is 1. The van der Waals surface area contributed by atoms with Crippen LogP contribution in [0.3, 0.4) is 0 Å². The van der Waals surface area contributed by atoms with E-state index in [-0.39, 0.29) is 22.2 Å². The Labute approximate surface area is 193 Å². The van der Waals surface area contributed by atoms with E-state index in [4.69, 9.17) is 21.2 Å². The first-order valence-electron chi connectivity index (χ1n) is 10.0. The quantitative estimate of drug-likeness (QED) is 0.439. The third kappa shape index (κ3) is 4.37. The predicted molar refractivity (Wildman–Crippen MR) is 120 cm³/mol. The Hall–Kier alpha value is -3.92. The summed E-state index contributed by atoms with van der Waals surface area (Å²) in [5.41, 5.74) is 2.00. The van der Waals surface area contributed by atoms with E-state index in [1.54, 1.807) is 30.0 Å². The number of carbonyl (C=O) groups is 2. The molecule has 1 N–H and O–H groups in total. The Morgan fingerprint density at radius 3 is 2.36 bits per heavy atom. The fraction of sp³-hybridized carbons (Fsp3) is 0.227. The van der Waals surface area contributed by atoms with Crippen LogP contribution in [0.4, 0.5) is 11.4 Å². The van der Waals surface area contributed by atoms with Crippen LogP contribution in [0.2, 0.25) is 5.02 Å². The van der Waals surface area contributed by atoms with Gasteiger partial charge in [-0.15, -0.1) is 0 Å². The van der Waals surface area contributed by atoms with Gasteiger partial charge in [-0.3, -0.25) is 14.9 Å². The number of hydrogen-bond donors (Lipinski definition) is 1. The Kier molecular flexibility index (Phi) is 6.01. The number of rotatable bonds is 5. The van der Waals surface area contributed by atoms with Gasteiger partial charge < -0.3 is 19.4 Å². The van der Waals surface area contributed by atoms with Gasteiger partial charge in [-0.25, -0.2) is 4.79 Å². The van der Waals surface area contributed by atoms with E-state index >= 15 is 0 Å². The van der Waals surface area contributed by atoms with E-state index in [2.05, 4.69) is 5.16 Å². The lowest BCUT2D eigenvalue weighted by Gasteiger charge is -2.36. The molecule has 2 aromatic carbocycles. The van der Waals surface area contributed by atoms with Crippen LogP contribution in [0.5, 0.6) is 0 Å². The molecule has 0 spiro atoms. The lowest BCUT2D eigenvalue weighted by molar-refractivity contribution is -0.384. The molecule has 1 saturated heterocycles. The van der Waals surface area contributed by atoms with Gasteiger partial charge in [0.25, 0.3) is 11.6 Å². The van der Waals surface area contributed by atoms with Gasteiger partial charge in [-0.05, 0) is 25.1 Å². The zero-order valence-corrected chi connectivity index (χ0v) is 18.3. The Balaban J connectivity index is 1.50. The molecule has 1 amide bonds. The highest BCUT2D eigenvalue weighted by Gasteiger charge is 2.29. The monoisotopic (exact) mass is 470 g/mol. The largest absolute Gasteiger partial charge is 0.478 e. The van der Waals surface area contributed by atoms with Crippen molar-refractivity contribution in [2.45, 2.75) is 6.92 Å². The van der Waals surface area contributed by atoms with Crippen LogP contribution in [-0.4, -0.2) is 58.1 Å². The van der Waals surface area contributed by atoms with Gasteiger partial charge in [0, 0.05) is 43.9 Å². The van der Waals surface area contributed by atoms with Crippen molar-refractivity contribution >= 4 is 34.9 Å². The number of non-ortho nitro benzene ring substituents is 1. The van der Waals surface area contributed by atoms with Crippen molar-refractivity contribution in [3.8, 4) is 11.3 Å². The highest BCUT2D eigenvalue weighted by Crippen LogP contribution is 2.31. The summed E-state index contributed by atoms with van der Waals surface area (Å²) in [6.45, 7) is 3.47. The number of carbonyl (C=O) groups excluding carboxylic acids is 1. The molecule has 2 heterocycles. The molecule has 0 unspecified atom stereocenters. The Bertz CT molecular complexity index is 1230. The number of amides is 1. The summed E-state index contributed by atoms with van der Waals surface area (Å²) < 4.78 is 5.28. The summed E-state index contributed by atoms with van der Waals surface area (Å²) in [5, 5.41) is 24.3. The number of aromatic nitrogens is 1. The third-order valence-corrected chi connectivity index (χ3v) is 5.83. The van der Waals surface area contributed by atoms with E-state index < -0.39 is 10.9 Å². The lowest BCUT2D eigenvalue weighted by Crippen LogP contribution is -2.49. The summed E-state index contributed by atoms with van der Waals surface area (Å²) in [6, 6.07) is 10.4. The first kappa shape index (κ1) is 22.3. The molecule has 0 radical (unpaired) electrons. The number of anilines is 1. The van der Waals surface area contributed by atoms with Gasteiger partial charge in [0.15, 0.2) is 0 Å². The number of aryl methyl sites for hydroxylation is 1. The number of hydrogen-bond acceptors (Lipinski definition) is 7. The second-order valence-electron chi connectivity index (χ2n) is 7.52.